The van der Waals surface area contributed by atoms with Crippen LogP contribution in [0.4, 0.5) is 0 Å². The first-order valence-electron chi connectivity index (χ1n) is 19.3. The molecule has 12 aromatic rings. The number of nitrogens with zero attached hydrogens (tertiary/aromatic N) is 3. The summed E-state index contributed by atoms with van der Waals surface area (Å²) in [6, 6.07) is 67.2. The van der Waals surface area contributed by atoms with Crippen LogP contribution in [-0.4, -0.2) is 15.0 Å². The zero-order valence-electron chi connectivity index (χ0n) is 30.6. The molecule has 9 aromatic carbocycles. The first-order chi connectivity index (χ1) is 28.2. The minimum atomic E-state index is 0.684. The highest BCUT2D eigenvalue weighted by molar-refractivity contribution is 7.26. The van der Waals surface area contributed by atoms with Crippen LogP contribution in [0, 0.1) is 0 Å². The number of hydrogen-bond acceptors (Lipinski definition) is 4. The van der Waals surface area contributed by atoms with Gasteiger partial charge in [-0.25, -0.2) is 15.0 Å². The molecule has 0 unspecified atom stereocenters. The predicted octanol–water partition coefficient (Wildman–Crippen LogP) is 14.7. The maximum absolute atomic E-state index is 5.31. The van der Waals surface area contributed by atoms with Crippen molar-refractivity contribution in [3.63, 3.8) is 0 Å². The summed E-state index contributed by atoms with van der Waals surface area (Å²) in [4.78, 5) is 15.8. The molecule has 0 bridgehead atoms. The van der Waals surface area contributed by atoms with Crippen LogP contribution in [0.25, 0.3) is 119 Å². The van der Waals surface area contributed by atoms with Gasteiger partial charge in [-0.05, 0) is 73.4 Å². The van der Waals surface area contributed by atoms with E-state index in [0.29, 0.717) is 5.82 Å². The third kappa shape index (κ3) is 5.15. The summed E-state index contributed by atoms with van der Waals surface area (Å²) in [5.74, 6) is 0.684. The average Bonchev–Trinajstić information content (AvgIpc) is 3.69. The van der Waals surface area contributed by atoms with Gasteiger partial charge in [-0.1, -0.05) is 158 Å². The zero-order chi connectivity index (χ0) is 37.5. The van der Waals surface area contributed by atoms with Crippen molar-refractivity contribution in [2.24, 2.45) is 0 Å². The summed E-state index contributed by atoms with van der Waals surface area (Å²) in [7, 11) is 0. The van der Waals surface area contributed by atoms with Crippen LogP contribution in [0.5, 0.6) is 0 Å². The molecule has 0 saturated heterocycles. The first kappa shape index (κ1) is 32.0. The Morgan fingerprint density at radius 1 is 0.333 bits per heavy atom. The lowest BCUT2D eigenvalue weighted by atomic mass is 9.92. The van der Waals surface area contributed by atoms with Gasteiger partial charge in [0.15, 0.2) is 5.82 Å². The van der Waals surface area contributed by atoms with Gasteiger partial charge in [-0.2, -0.15) is 0 Å². The number of aromatic nitrogens is 3. The fraction of sp³-hybridized carbons (Fsp3) is 0. The molecule has 0 amide bonds. The van der Waals surface area contributed by atoms with E-state index in [1.807, 2.05) is 11.3 Å². The van der Waals surface area contributed by atoms with Crippen LogP contribution in [0.2, 0.25) is 0 Å². The number of pyridine rings is 1. The van der Waals surface area contributed by atoms with E-state index in [4.69, 9.17) is 15.0 Å². The molecule has 0 aliphatic rings. The maximum Gasteiger partial charge on any atom is 0.160 e. The number of benzene rings is 9. The summed E-state index contributed by atoms with van der Waals surface area (Å²) in [6.07, 6.45) is 0. The second kappa shape index (κ2) is 12.6. The highest BCUT2D eigenvalue weighted by Crippen LogP contribution is 2.43. The molecular formula is C53H31N3S. The molecule has 12 rings (SSSR count). The molecule has 0 N–H and O–H groups in total. The lowest BCUT2D eigenvalue weighted by molar-refractivity contribution is 1.18. The Hall–Kier alpha value is -7.27. The van der Waals surface area contributed by atoms with E-state index in [-0.39, 0.29) is 0 Å². The molecule has 0 radical (unpaired) electrons. The lowest BCUT2D eigenvalue weighted by Crippen LogP contribution is -1.96. The summed E-state index contributed by atoms with van der Waals surface area (Å²) < 4.78 is 2.47. The van der Waals surface area contributed by atoms with E-state index in [2.05, 4.69) is 188 Å². The van der Waals surface area contributed by atoms with Gasteiger partial charge in [0, 0.05) is 43.1 Å². The van der Waals surface area contributed by atoms with Gasteiger partial charge < -0.3 is 0 Å². The molecule has 3 aromatic heterocycles. The van der Waals surface area contributed by atoms with Gasteiger partial charge in [0.05, 0.1) is 27.3 Å². The Bertz CT molecular complexity index is 3550. The zero-order valence-corrected chi connectivity index (χ0v) is 31.5. The van der Waals surface area contributed by atoms with E-state index >= 15 is 0 Å². The highest BCUT2D eigenvalue weighted by Gasteiger charge is 2.18. The lowest BCUT2D eigenvalue weighted by Gasteiger charge is -2.13. The minimum absolute atomic E-state index is 0.684. The largest absolute Gasteiger partial charge is 0.246 e. The first-order valence-corrected chi connectivity index (χ1v) is 20.1. The second-order valence-corrected chi connectivity index (χ2v) is 15.8. The summed E-state index contributed by atoms with van der Waals surface area (Å²) in [5, 5.41) is 13.6. The van der Waals surface area contributed by atoms with Crippen molar-refractivity contribution in [2.75, 3.05) is 0 Å². The molecule has 57 heavy (non-hydrogen) atoms. The Labute approximate surface area is 332 Å². The number of fused-ring (bicyclic) bond motifs is 12. The molecule has 0 aliphatic heterocycles. The van der Waals surface area contributed by atoms with Crippen molar-refractivity contribution in [3.05, 3.63) is 188 Å². The number of rotatable bonds is 4. The van der Waals surface area contributed by atoms with Crippen LogP contribution in [0.3, 0.4) is 0 Å². The highest BCUT2D eigenvalue weighted by atomic mass is 32.1. The van der Waals surface area contributed by atoms with Crippen molar-refractivity contribution in [1.82, 2.24) is 15.0 Å². The molecule has 3 heterocycles. The normalized spacial score (nSPS) is 11.9. The van der Waals surface area contributed by atoms with Crippen LogP contribution in [-0.2, 0) is 0 Å². The molecule has 4 heteroatoms. The van der Waals surface area contributed by atoms with Gasteiger partial charge in [0.25, 0.3) is 0 Å². The van der Waals surface area contributed by atoms with Crippen molar-refractivity contribution >= 4 is 85.5 Å². The topological polar surface area (TPSA) is 38.7 Å². The van der Waals surface area contributed by atoms with Crippen LogP contribution >= 0.6 is 11.3 Å². The monoisotopic (exact) mass is 741 g/mol. The molecular weight excluding hydrogens is 711 g/mol. The van der Waals surface area contributed by atoms with Gasteiger partial charge >= 0.3 is 0 Å². The van der Waals surface area contributed by atoms with Crippen molar-refractivity contribution in [2.45, 2.75) is 0 Å². The van der Waals surface area contributed by atoms with E-state index in [1.165, 1.54) is 68.6 Å². The summed E-state index contributed by atoms with van der Waals surface area (Å²) in [5.41, 5.74) is 7.90. The molecule has 0 aliphatic carbocycles. The van der Waals surface area contributed by atoms with Crippen molar-refractivity contribution in [1.29, 1.82) is 0 Å². The molecule has 3 nitrogen and oxygen atoms in total. The fourth-order valence-electron chi connectivity index (χ4n) is 8.69. The predicted molar refractivity (Wildman–Crippen MR) is 242 cm³/mol. The standard InChI is InChI=1S/C53H31N3S/c1-2-12-35-29-36(26-21-32(35)11-1)47-31-48(37-27-28-42-40-15-4-3-13-38(40)39-14-5-6-16-41(39)45(42)30-37)56-53(55-47)34-24-22-33(23-25-34)51-52-50(43-17-7-9-19-46(43)54-51)44-18-8-10-20-49(44)57-52/h1-31H. The third-order valence-corrected chi connectivity index (χ3v) is 12.6. The van der Waals surface area contributed by atoms with Crippen LogP contribution in [0.15, 0.2) is 188 Å². The SMILES string of the molecule is c1ccc2cc(-c3cc(-c4ccc5c6ccccc6c6ccccc6c5c4)nc(-c4ccc(-c5nc6ccccc6c6c5sc5ccccc56)cc4)n3)ccc2c1. The van der Waals surface area contributed by atoms with E-state index < -0.39 is 0 Å². The molecule has 0 fully saturated rings. The van der Waals surface area contributed by atoms with E-state index in [0.717, 1.165) is 44.9 Å². The van der Waals surface area contributed by atoms with Crippen molar-refractivity contribution < 1.29 is 0 Å². The molecule has 0 spiro atoms. The number of thiophene rings is 1. The Balaban J connectivity index is 1.04. The van der Waals surface area contributed by atoms with Gasteiger partial charge in [0.1, 0.15) is 0 Å². The van der Waals surface area contributed by atoms with Crippen LogP contribution in [0.1, 0.15) is 0 Å². The Kier molecular flexibility index (Phi) is 7.10. The summed E-state index contributed by atoms with van der Waals surface area (Å²) in [6.45, 7) is 0. The van der Waals surface area contributed by atoms with Gasteiger partial charge in [0.2, 0.25) is 0 Å². The average molecular weight is 742 g/mol. The minimum Gasteiger partial charge on any atom is -0.246 e. The number of para-hydroxylation sites is 1. The van der Waals surface area contributed by atoms with Crippen LogP contribution < -0.4 is 0 Å². The van der Waals surface area contributed by atoms with Gasteiger partial charge in [-0.15, -0.1) is 11.3 Å². The van der Waals surface area contributed by atoms with E-state index in [1.54, 1.807) is 0 Å². The smallest absolute Gasteiger partial charge is 0.160 e. The van der Waals surface area contributed by atoms with Gasteiger partial charge in [-0.3, -0.25) is 0 Å². The molecule has 264 valence electrons. The fourth-order valence-corrected chi connectivity index (χ4v) is 9.92. The van der Waals surface area contributed by atoms with E-state index in [9.17, 15) is 0 Å². The summed E-state index contributed by atoms with van der Waals surface area (Å²) >= 11 is 1.81. The third-order valence-electron chi connectivity index (χ3n) is 11.4. The Morgan fingerprint density at radius 2 is 0.860 bits per heavy atom. The molecule has 0 saturated carbocycles. The quantitative estimate of drug-likeness (QED) is 0.169. The Morgan fingerprint density at radius 3 is 1.60 bits per heavy atom. The maximum atomic E-state index is 5.31. The second-order valence-electron chi connectivity index (χ2n) is 14.7. The molecule has 0 atom stereocenters. The van der Waals surface area contributed by atoms with Crippen molar-refractivity contribution in [3.8, 4) is 45.2 Å². The number of hydrogen-bond donors (Lipinski definition) is 0.